The lowest BCUT2D eigenvalue weighted by atomic mass is 9.84. The van der Waals surface area contributed by atoms with Crippen molar-refractivity contribution in [2.75, 3.05) is 16.8 Å². The summed E-state index contributed by atoms with van der Waals surface area (Å²) in [5, 5.41) is 13.1. The minimum atomic E-state index is -4.86. The number of nitrogens with one attached hydrogen (secondary N) is 2. The van der Waals surface area contributed by atoms with Crippen LogP contribution >= 0.6 is 0 Å². The zero-order chi connectivity index (χ0) is 31.9. The Hall–Kier alpha value is -4.68. The molecule has 1 aliphatic rings. The summed E-state index contributed by atoms with van der Waals surface area (Å²) in [5.41, 5.74) is 2.50. The summed E-state index contributed by atoms with van der Waals surface area (Å²) in [6.07, 6.45) is 0.844. The molecule has 4 rings (SSSR count). The quantitative estimate of drug-likeness (QED) is 0.206. The average molecular weight is 620 g/mol. The van der Waals surface area contributed by atoms with Gasteiger partial charge in [0, 0.05) is 16.9 Å². The van der Waals surface area contributed by atoms with Crippen LogP contribution in [0.25, 0.3) is 0 Å². The van der Waals surface area contributed by atoms with E-state index in [1.807, 2.05) is 29.6 Å². The number of carbonyl (C=O) groups is 3. The van der Waals surface area contributed by atoms with Crippen LogP contribution in [0.5, 0.6) is 5.75 Å². The zero-order valence-corrected chi connectivity index (χ0v) is 23.4. The molecule has 1 fully saturated rings. The van der Waals surface area contributed by atoms with Crippen molar-refractivity contribution >= 4 is 29.3 Å². The standard InChI is InChI=1S/C31H30F5N3O5/c32-30(33,28(41)42)19-37-27(40)23-8-6-20(7-9-23)18-39(25-14-10-22(11-15-25)21-4-2-1-3-5-21)29(43)38-24-12-16-26(17-13-24)44-31(34,35)36/h6-17,21H,1-5,18-19H2,(H,37,40)(H,38,43)(H,41,42). The number of carboxylic acid groups (broad SMARTS) is 1. The highest BCUT2D eigenvalue weighted by molar-refractivity contribution is 6.01. The second kappa shape index (κ2) is 13.7. The third-order valence-electron chi connectivity index (χ3n) is 7.21. The molecule has 0 spiro atoms. The van der Waals surface area contributed by atoms with Crippen molar-refractivity contribution in [1.29, 1.82) is 0 Å². The Bertz CT molecular complexity index is 1440. The van der Waals surface area contributed by atoms with Crippen LogP contribution in [0.4, 0.5) is 38.1 Å². The minimum Gasteiger partial charge on any atom is -0.477 e. The van der Waals surface area contributed by atoms with E-state index in [4.69, 9.17) is 5.11 Å². The number of hydrogen-bond donors (Lipinski definition) is 3. The third kappa shape index (κ3) is 8.91. The number of carbonyl (C=O) groups excluding carboxylic acids is 2. The molecule has 0 saturated heterocycles. The molecule has 0 aromatic heterocycles. The van der Waals surface area contributed by atoms with Crippen LogP contribution in [-0.4, -0.2) is 41.8 Å². The van der Waals surface area contributed by atoms with Crippen molar-refractivity contribution in [2.45, 2.75) is 56.9 Å². The van der Waals surface area contributed by atoms with Crippen LogP contribution in [0.15, 0.2) is 72.8 Å². The van der Waals surface area contributed by atoms with Crippen molar-refractivity contribution < 1.29 is 46.2 Å². The van der Waals surface area contributed by atoms with Gasteiger partial charge in [-0.2, -0.15) is 8.78 Å². The summed E-state index contributed by atoms with van der Waals surface area (Å²) in [7, 11) is 0. The van der Waals surface area contributed by atoms with Gasteiger partial charge in [-0.1, -0.05) is 43.5 Å². The van der Waals surface area contributed by atoms with E-state index >= 15 is 0 Å². The van der Waals surface area contributed by atoms with Gasteiger partial charge in [-0.25, -0.2) is 9.59 Å². The Kier molecular flexibility index (Phi) is 10.1. The summed E-state index contributed by atoms with van der Waals surface area (Å²) >= 11 is 0. The zero-order valence-electron chi connectivity index (χ0n) is 23.4. The molecule has 0 unspecified atom stereocenters. The highest BCUT2D eigenvalue weighted by Crippen LogP contribution is 2.34. The SMILES string of the molecule is O=C(NCC(F)(F)C(=O)O)c1ccc(CN(C(=O)Nc2ccc(OC(F)(F)F)cc2)c2ccc(C3CCCCC3)cc2)cc1. The number of anilines is 2. The number of carboxylic acids is 1. The second-order valence-corrected chi connectivity index (χ2v) is 10.4. The molecule has 13 heteroatoms. The molecule has 234 valence electrons. The number of aliphatic carboxylic acids is 1. The Morgan fingerprint density at radius 1 is 0.841 bits per heavy atom. The molecule has 0 radical (unpaired) electrons. The third-order valence-corrected chi connectivity index (χ3v) is 7.21. The number of halogens is 5. The van der Waals surface area contributed by atoms with Crippen LogP contribution in [0, 0.1) is 0 Å². The van der Waals surface area contributed by atoms with Crippen molar-refractivity contribution in [3.63, 3.8) is 0 Å². The van der Waals surface area contributed by atoms with E-state index in [1.165, 1.54) is 47.7 Å². The van der Waals surface area contributed by atoms with E-state index in [9.17, 15) is 36.3 Å². The highest BCUT2D eigenvalue weighted by Gasteiger charge is 2.39. The fourth-order valence-electron chi connectivity index (χ4n) is 4.89. The van der Waals surface area contributed by atoms with E-state index < -0.39 is 42.5 Å². The number of urea groups is 1. The molecule has 8 nitrogen and oxygen atoms in total. The summed E-state index contributed by atoms with van der Waals surface area (Å²) in [6.45, 7) is -1.36. The molecular weight excluding hydrogens is 589 g/mol. The number of nitrogens with zero attached hydrogens (tertiary/aromatic N) is 1. The predicted octanol–water partition coefficient (Wildman–Crippen LogP) is 7.32. The highest BCUT2D eigenvalue weighted by atomic mass is 19.4. The molecule has 3 aromatic carbocycles. The van der Waals surface area contributed by atoms with Crippen molar-refractivity contribution in [3.05, 3.63) is 89.5 Å². The van der Waals surface area contributed by atoms with Gasteiger partial charge in [-0.05, 0) is 78.4 Å². The molecule has 0 heterocycles. The molecular formula is C31H30F5N3O5. The number of rotatable bonds is 10. The first-order chi connectivity index (χ1) is 20.8. The van der Waals surface area contributed by atoms with Crippen LogP contribution in [0.2, 0.25) is 0 Å². The maximum Gasteiger partial charge on any atom is 0.573 e. The van der Waals surface area contributed by atoms with Gasteiger partial charge in [0.1, 0.15) is 5.75 Å². The van der Waals surface area contributed by atoms with E-state index in [2.05, 4.69) is 10.1 Å². The number of hydrogen-bond acceptors (Lipinski definition) is 4. The molecule has 1 aliphatic carbocycles. The first kappa shape index (κ1) is 32.2. The molecule has 3 amide bonds. The van der Waals surface area contributed by atoms with Gasteiger partial charge in [0.05, 0.1) is 13.1 Å². The average Bonchev–Trinajstić information content (AvgIpc) is 2.99. The lowest BCUT2D eigenvalue weighted by Gasteiger charge is -2.26. The monoisotopic (exact) mass is 619 g/mol. The Morgan fingerprint density at radius 2 is 1.45 bits per heavy atom. The van der Waals surface area contributed by atoms with Gasteiger partial charge in [0.25, 0.3) is 5.91 Å². The molecule has 0 atom stereocenters. The first-order valence-electron chi connectivity index (χ1n) is 13.8. The summed E-state index contributed by atoms with van der Waals surface area (Å²) < 4.78 is 68.1. The van der Waals surface area contributed by atoms with Crippen molar-refractivity contribution in [2.24, 2.45) is 0 Å². The largest absolute Gasteiger partial charge is 0.573 e. The normalized spacial score (nSPS) is 14.0. The molecule has 44 heavy (non-hydrogen) atoms. The van der Waals surface area contributed by atoms with Crippen molar-refractivity contribution in [1.82, 2.24) is 5.32 Å². The van der Waals surface area contributed by atoms with Crippen LogP contribution in [0.3, 0.4) is 0 Å². The molecule has 1 saturated carbocycles. The number of benzene rings is 3. The van der Waals surface area contributed by atoms with E-state index in [1.54, 1.807) is 0 Å². The summed E-state index contributed by atoms with van der Waals surface area (Å²) in [6, 6.07) is 17.4. The molecule has 3 N–H and O–H groups in total. The summed E-state index contributed by atoms with van der Waals surface area (Å²) in [5.74, 6) is -7.39. The predicted molar refractivity (Wildman–Crippen MR) is 152 cm³/mol. The maximum atomic E-state index is 13.4. The molecule has 3 aromatic rings. The Balaban J connectivity index is 1.51. The van der Waals surface area contributed by atoms with Gasteiger partial charge in [0.15, 0.2) is 0 Å². The first-order valence-corrected chi connectivity index (χ1v) is 13.8. The van der Waals surface area contributed by atoms with Gasteiger partial charge < -0.3 is 20.5 Å². The minimum absolute atomic E-state index is 0.00365. The summed E-state index contributed by atoms with van der Waals surface area (Å²) in [4.78, 5) is 37.7. The van der Waals surface area contributed by atoms with Crippen LogP contribution in [0.1, 0.15) is 59.5 Å². The topological polar surface area (TPSA) is 108 Å². The Morgan fingerprint density at radius 3 is 2.02 bits per heavy atom. The lowest BCUT2D eigenvalue weighted by molar-refractivity contribution is -0.274. The van der Waals surface area contributed by atoms with E-state index in [-0.39, 0.29) is 17.8 Å². The van der Waals surface area contributed by atoms with Crippen LogP contribution < -0.4 is 20.3 Å². The van der Waals surface area contributed by atoms with E-state index in [0.29, 0.717) is 17.2 Å². The lowest BCUT2D eigenvalue weighted by Crippen LogP contribution is -2.42. The maximum absolute atomic E-state index is 13.4. The number of amides is 3. The van der Waals surface area contributed by atoms with Crippen molar-refractivity contribution in [3.8, 4) is 5.75 Å². The molecule has 0 bridgehead atoms. The Labute approximate surface area is 249 Å². The second-order valence-electron chi connectivity index (χ2n) is 10.4. The fourth-order valence-corrected chi connectivity index (χ4v) is 4.89. The van der Waals surface area contributed by atoms with Crippen LogP contribution in [-0.2, 0) is 11.3 Å². The number of ether oxygens (including phenoxy) is 1. The smallest absolute Gasteiger partial charge is 0.477 e. The number of alkyl halides is 5. The van der Waals surface area contributed by atoms with Gasteiger partial charge in [0.2, 0.25) is 0 Å². The van der Waals surface area contributed by atoms with Gasteiger partial charge in [-0.15, -0.1) is 13.2 Å². The fraction of sp³-hybridized carbons (Fsp3) is 0.323. The van der Waals surface area contributed by atoms with E-state index in [0.717, 1.165) is 43.4 Å². The molecule has 0 aliphatic heterocycles. The van der Waals surface area contributed by atoms with Gasteiger partial charge >= 0.3 is 24.3 Å². The van der Waals surface area contributed by atoms with Gasteiger partial charge in [-0.3, -0.25) is 9.69 Å².